The van der Waals surface area contributed by atoms with Crippen LogP contribution in [0.3, 0.4) is 0 Å². The zero-order chi connectivity index (χ0) is 13.9. The number of benzene rings is 1. The van der Waals surface area contributed by atoms with Crippen molar-refractivity contribution in [3.05, 3.63) is 40.3 Å². The van der Waals surface area contributed by atoms with Crippen LogP contribution in [0.25, 0.3) is 0 Å². The van der Waals surface area contributed by atoms with E-state index in [1.807, 2.05) is 0 Å². The van der Waals surface area contributed by atoms with Crippen LogP contribution >= 0.6 is 0 Å². The van der Waals surface area contributed by atoms with Gasteiger partial charge >= 0.3 is 0 Å². The third-order valence-electron chi connectivity index (χ3n) is 2.00. The molecular formula is C11H13NO5S. The zero-order valence-electron chi connectivity index (χ0n) is 9.99. The maximum absolute atomic E-state index is 11.6. The van der Waals surface area contributed by atoms with Gasteiger partial charge in [0.2, 0.25) is 0 Å². The first-order valence-electron chi connectivity index (χ1n) is 5.10. The quantitative estimate of drug-likeness (QED) is 0.605. The van der Waals surface area contributed by atoms with Crippen LogP contribution in [0.1, 0.15) is 13.8 Å². The van der Waals surface area contributed by atoms with Crippen molar-refractivity contribution in [2.45, 2.75) is 24.8 Å². The highest BCUT2D eigenvalue weighted by molar-refractivity contribution is 7.94. The van der Waals surface area contributed by atoms with E-state index in [4.69, 9.17) is 4.74 Å². The van der Waals surface area contributed by atoms with Gasteiger partial charge in [0.1, 0.15) is 5.75 Å². The number of nitro groups is 1. The second-order valence-corrected chi connectivity index (χ2v) is 5.69. The van der Waals surface area contributed by atoms with E-state index in [9.17, 15) is 18.5 Å². The number of nitrogens with zero attached hydrogens (tertiary/aromatic N) is 1. The Kier molecular flexibility index (Phi) is 4.07. The average molecular weight is 271 g/mol. The molecule has 1 rings (SSSR count). The van der Waals surface area contributed by atoms with Gasteiger partial charge in [0.15, 0.2) is 9.84 Å². The van der Waals surface area contributed by atoms with Crippen molar-refractivity contribution in [3.8, 4) is 5.75 Å². The van der Waals surface area contributed by atoms with Crippen molar-refractivity contribution in [1.82, 2.24) is 0 Å². The van der Waals surface area contributed by atoms with Crippen molar-refractivity contribution in [2.24, 2.45) is 0 Å². The molecule has 7 heteroatoms. The second-order valence-electron chi connectivity index (χ2n) is 3.80. The van der Waals surface area contributed by atoms with Crippen LogP contribution in [0, 0.1) is 10.1 Å². The normalized spacial score (nSPS) is 11.3. The summed E-state index contributed by atoms with van der Waals surface area (Å²) in [5, 5.41) is 11.5. The minimum atomic E-state index is -3.73. The summed E-state index contributed by atoms with van der Waals surface area (Å²) < 4.78 is 28.5. The van der Waals surface area contributed by atoms with Crippen LogP contribution in [0.15, 0.2) is 35.1 Å². The van der Waals surface area contributed by atoms with Gasteiger partial charge in [0.05, 0.1) is 22.0 Å². The van der Waals surface area contributed by atoms with Crippen molar-refractivity contribution in [2.75, 3.05) is 0 Å². The Morgan fingerprint density at radius 3 is 2.44 bits per heavy atom. The Morgan fingerprint density at radius 1 is 1.39 bits per heavy atom. The Morgan fingerprint density at radius 2 is 2.00 bits per heavy atom. The van der Waals surface area contributed by atoms with Gasteiger partial charge in [-0.3, -0.25) is 10.1 Å². The second kappa shape index (κ2) is 5.18. The number of non-ortho nitro benzene ring substituents is 1. The fourth-order valence-corrected chi connectivity index (χ4v) is 2.02. The highest BCUT2D eigenvalue weighted by Crippen LogP contribution is 2.27. The average Bonchev–Trinajstić information content (AvgIpc) is 2.27. The fourth-order valence-electron chi connectivity index (χ4n) is 1.26. The Balaban J connectivity index is 3.40. The number of hydrogen-bond acceptors (Lipinski definition) is 5. The molecule has 18 heavy (non-hydrogen) atoms. The maximum Gasteiger partial charge on any atom is 0.274 e. The minimum absolute atomic E-state index is 0.139. The highest BCUT2D eigenvalue weighted by Gasteiger charge is 2.18. The van der Waals surface area contributed by atoms with E-state index < -0.39 is 14.8 Å². The number of nitro benzene ring substituents is 1. The van der Waals surface area contributed by atoms with Gasteiger partial charge in [-0.1, -0.05) is 6.58 Å². The Hall–Kier alpha value is -1.89. The van der Waals surface area contributed by atoms with Crippen LogP contribution in [0.2, 0.25) is 0 Å². The molecule has 98 valence electrons. The summed E-state index contributed by atoms with van der Waals surface area (Å²) in [5.41, 5.74) is -0.339. The van der Waals surface area contributed by atoms with E-state index in [0.29, 0.717) is 0 Å². The molecule has 0 atom stereocenters. The molecule has 0 aliphatic carbocycles. The number of rotatable bonds is 5. The lowest BCUT2D eigenvalue weighted by Gasteiger charge is -2.10. The molecule has 0 heterocycles. The maximum atomic E-state index is 11.6. The van der Waals surface area contributed by atoms with Crippen LogP contribution in [-0.2, 0) is 9.84 Å². The molecule has 0 aliphatic heterocycles. The summed E-state index contributed by atoms with van der Waals surface area (Å²) in [4.78, 5) is 9.86. The van der Waals surface area contributed by atoms with Crippen LogP contribution in [0.4, 0.5) is 5.69 Å². The van der Waals surface area contributed by atoms with Gasteiger partial charge in [0, 0.05) is 11.5 Å². The third-order valence-corrected chi connectivity index (χ3v) is 3.33. The summed E-state index contributed by atoms with van der Waals surface area (Å²) >= 11 is 0. The smallest absolute Gasteiger partial charge is 0.274 e. The number of sulfone groups is 1. The molecule has 1 aromatic carbocycles. The van der Waals surface area contributed by atoms with Gasteiger partial charge in [-0.2, -0.15) is 0 Å². The van der Waals surface area contributed by atoms with Crippen LogP contribution in [-0.4, -0.2) is 19.4 Å². The standard InChI is InChI=1S/C11H13NO5S/c1-4-18(15,16)11-6-9(12(13)14)5-10(7-11)17-8(2)3/h4-8H,1H2,2-3H3. The van der Waals surface area contributed by atoms with E-state index in [0.717, 1.165) is 11.5 Å². The van der Waals surface area contributed by atoms with Gasteiger partial charge in [-0.25, -0.2) is 8.42 Å². The molecule has 0 unspecified atom stereocenters. The lowest BCUT2D eigenvalue weighted by Crippen LogP contribution is -2.07. The molecule has 0 spiro atoms. The lowest BCUT2D eigenvalue weighted by atomic mass is 10.3. The molecule has 0 aromatic heterocycles. The molecule has 0 bridgehead atoms. The van der Waals surface area contributed by atoms with E-state index in [-0.39, 0.29) is 22.4 Å². The lowest BCUT2D eigenvalue weighted by molar-refractivity contribution is -0.385. The topological polar surface area (TPSA) is 86.5 Å². The summed E-state index contributed by atoms with van der Waals surface area (Å²) in [7, 11) is -3.73. The Bertz CT molecular complexity index is 577. The summed E-state index contributed by atoms with van der Waals surface area (Å²) in [6, 6.07) is 3.40. The van der Waals surface area contributed by atoms with Crippen LogP contribution < -0.4 is 4.74 Å². The summed E-state index contributed by atoms with van der Waals surface area (Å²) in [5.74, 6) is 0.139. The van der Waals surface area contributed by atoms with Crippen molar-refractivity contribution >= 4 is 15.5 Å². The van der Waals surface area contributed by atoms with Gasteiger partial charge in [-0.05, 0) is 19.9 Å². The molecule has 0 saturated carbocycles. The van der Waals surface area contributed by atoms with Gasteiger partial charge < -0.3 is 4.74 Å². The van der Waals surface area contributed by atoms with Crippen molar-refractivity contribution < 1.29 is 18.1 Å². The largest absolute Gasteiger partial charge is 0.491 e. The molecular weight excluding hydrogens is 258 g/mol. The predicted molar refractivity (Wildman–Crippen MR) is 66.2 cm³/mol. The summed E-state index contributed by atoms with van der Waals surface area (Å²) in [6.45, 7) is 6.65. The molecule has 6 nitrogen and oxygen atoms in total. The first-order valence-corrected chi connectivity index (χ1v) is 6.64. The molecule has 0 aliphatic rings. The van der Waals surface area contributed by atoms with Gasteiger partial charge in [0.25, 0.3) is 5.69 Å². The van der Waals surface area contributed by atoms with Crippen LogP contribution in [0.5, 0.6) is 5.75 Å². The molecule has 0 amide bonds. The monoisotopic (exact) mass is 271 g/mol. The zero-order valence-corrected chi connectivity index (χ0v) is 10.8. The van der Waals surface area contributed by atoms with E-state index in [1.54, 1.807) is 13.8 Å². The van der Waals surface area contributed by atoms with E-state index in [1.165, 1.54) is 12.1 Å². The molecule has 1 aromatic rings. The first-order chi connectivity index (χ1) is 8.26. The van der Waals surface area contributed by atoms with E-state index in [2.05, 4.69) is 6.58 Å². The molecule has 0 fully saturated rings. The first kappa shape index (κ1) is 14.2. The van der Waals surface area contributed by atoms with Crippen molar-refractivity contribution in [1.29, 1.82) is 0 Å². The molecule has 0 radical (unpaired) electrons. The van der Waals surface area contributed by atoms with Crippen molar-refractivity contribution in [3.63, 3.8) is 0 Å². The third kappa shape index (κ3) is 3.30. The van der Waals surface area contributed by atoms with E-state index >= 15 is 0 Å². The Labute approximate surface area is 105 Å². The number of hydrogen-bond donors (Lipinski definition) is 0. The van der Waals surface area contributed by atoms with Gasteiger partial charge in [-0.15, -0.1) is 0 Å². The number of ether oxygens (including phenoxy) is 1. The highest BCUT2D eigenvalue weighted by atomic mass is 32.2. The summed E-state index contributed by atoms with van der Waals surface area (Å²) in [6.07, 6.45) is -0.216. The molecule has 0 saturated heterocycles. The SMILES string of the molecule is C=CS(=O)(=O)c1cc(OC(C)C)cc([N+](=O)[O-])c1. The predicted octanol–water partition coefficient (Wildman–Crippen LogP) is 2.30. The minimum Gasteiger partial charge on any atom is -0.491 e. The molecule has 0 N–H and O–H groups in total. The fraction of sp³-hybridized carbons (Fsp3) is 0.273.